The van der Waals surface area contributed by atoms with Gasteiger partial charge in [0.05, 0.1) is 5.60 Å². The molecule has 1 aliphatic rings. The van der Waals surface area contributed by atoms with Crippen LogP contribution in [-0.2, 0) is 6.54 Å². The molecule has 1 saturated heterocycles. The van der Waals surface area contributed by atoms with E-state index in [2.05, 4.69) is 27.1 Å². The minimum absolute atomic E-state index is 0.508. The zero-order valence-corrected chi connectivity index (χ0v) is 12.9. The Balaban J connectivity index is 1.53. The van der Waals surface area contributed by atoms with Crippen molar-refractivity contribution in [3.8, 4) is 10.6 Å². The molecule has 19 heavy (non-hydrogen) atoms. The Labute approximate surface area is 125 Å². The summed E-state index contributed by atoms with van der Waals surface area (Å²) in [5.41, 5.74) is 0.693. The molecule has 3 rings (SSSR count). The van der Waals surface area contributed by atoms with Crippen molar-refractivity contribution in [3.05, 3.63) is 27.9 Å². The van der Waals surface area contributed by atoms with Gasteiger partial charge in [0.15, 0.2) is 0 Å². The summed E-state index contributed by atoms with van der Waals surface area (Å²) < 4.78 is 0. The molecule has 6 heteroatoms. The lowest BCUT2D eigenvalue weighted by atomic mass is 10.0. The van der Waals surface area contributed by atoms with Crippen molar-refractivity contribution >= 4 is 34.4 Å². The number of hydrogen-bond donors (Lipinski definition) is 2. The van der Waals surface area contributed by atoms with E-state index in [0.717, 1.165) is 29.5 Å². The molecule has 3 heterocycles. The van der Waals surface area contributed by atoms with Crippen LogP contribution in [0.25, 0.3) is 10.6 Å². The van der Waals surface area contributed by atoms with E-state index in [9.17, 15) is 5.11 Å². The number of nitrogens with zero attached hydrogens (tertiary/aromatic N) is 1. The average Bonchev–Trinajstić information content (AvgIpc) is 3.08. The third-order valence-corrected chi connectivity index (χ3v) is 6.12. The van der Waals surface area contributed by atoms with E-state index in [-0.39, 0.29) is 0 Å². The summed E-state index contributed by atoms with van der Waals surface area (Å²) in [5.74, 6) is 1.92. The van der Waals surface area contributed by atoms with Crippen LogP contribution in [0.4, 0.5) is 0 Å². The van der Waals surface area contributed by atoms with Crippen LogP contribution in [0.5, 0.6) is 0 Å². The minimum Gasteiger partial charge on any atom is -0.388 e. The van der Waals surface area contributed by atoms with Crippen LogP contribution in [0.15, 0.2) is 23.0 Å². The minimum atomic E-state index is -0.508. The van der Waals surface area contributed by atoms with E-state index in [1.54, 1.807) is 22.7 Å². The van der Waals surface area contributed by atoms with Gasteiger partial charge in [0.2, 0.25) is 0 Å². The summed E-state index contributed by atoms with van der Waals surface area (Å²) in [6, 6.07) is 2.10. The van der Waals surface area contributed by atoms with Crippen LogP contribution in [0, 0.1) is 0 Å². The SMILES string of the molecule is OC1(CNCc2cnc(-c3ccsc3)s2)CCSC1. The number of hydrogen-bond acceptors (Lipinski definition) is 6. The van der Waals surface area contributed by atoms with Gasteiger partial charge in [0, 0.05) is 40.9 Å². The lowest BCUT2D eigenvalue weighted by Crippen LogP contribution is -2.40. The zero-order valence-electron chi connectivity index (χ0n) is 10.5. The quantitative estimate of drug-likeness (QED) is 0.891. The van der Waals surface area contributed by atoms with Gasteiger partial charge in [-0.25, -0.2) is 4.98 Å². The Morgan fingerprint density at radius 3 is 3.16 bits per heavy atom. The van der Waals surface area contributed by atoms with Gasteiger partial charge in [-0.05, 0) is 23.6 Å². The summed E-state index contributed by atoms with van der Waals surface area (Å²) in [7, 11) is 0. The first-order chi connectivity index (χ1) is 9.25. The number of aromatic nitrogens is 1. The van der Waals surface area contributed by atoms with Gasteiger partial charge in [-0.3, -0.25) is 0 Å². The van der Waals surface area contributed by atoms with Crippen molar-refractivity contribution in [3.63, 3.8) is 0 Å². The van der Waals surface area contributed by atoms with Gasteiger partial charge in [-0.1, -0.05) is 0 Å². The van der Waals surface area contributed by atoms with E-state index < -0.39 is 5.60 Å². The van der Waals surface area contributed by atoms with Crippen molar-refractivity contribution in [1.29, 1.82) is 0 Å². The third-order valence-electron chi connectivity index (χ3n) is 3.16. The highest BCUT2D eigenvalue weighted by molar-refractivity contribution is 7.99. The monoisotopic (exact) mass is 312 g/mol. The molecule has 0 amide bonds. The highest BCUT2D eigenvalue weighted by Gasteiger charge is 2.30. The maximum absolute atomic E-state index is 10.2. The Hall–Kier alpha value is -0.400. The molecule has 1 atom stereocenters. The van der Waals surface area contributed by atoms with Crippen molar-refractivity contribution < 1.29 is 5.11 Å². The van der Waals surface area contributed by atoms with Crippen LogP contribution < -0.4 is 5.32 Å². The van der Waals surface area contributed by atoms with Crippen LogP contribution >= 0.6 is 34.4 Å². The highest BCUT2D eigenvalue weighted by Crippen LogP contribution is 2.28. The van der Waals surface area contributed by atoms with E-state index in [1.807, 2.05) is 18.0 Å². The lowest BCUT2D eigenvalue weighted by Gasteiger charge is -2.21. The van der Waals surface area contributed by atoms with E-state index in [0.29, 0.717) is 6.54 Å². The average molecular weight is 312 g/mol. The second-order valence-corrected chi connectivity index (χ2v) is 7.77. The van der Waals surface area contributed by atoms with Gasteiger partial charge in [-0.15, -0.1) is 11.3 Å². The maximum Gasteiger partial charge on any atom is 0.124 e. The van der Waals surface area contributed by atoms with Gasteiger partial charge >= 0.3 is 0 Å². The number of thiazole rings is 1. The molecule has 0 aromatic carbocycles. The highest BCUT2D eigenvalue weighted by atomic mass is 32.2. The molecular formula is C13H16N2OS3. The largest absolute Gasteiger partial charge is 0.388 e. The molecule has 1 unspecified atom stereocenters. The van der Waals surface area contributed by atoms with Crippen LogP contribution in [0.2, 0.25) is 0 Å². The fraction of sp³-hybridized carbons (Fsp3) is 0.462. The number of thiophene rings is 1. The number of nitrogens with one attached hydrogen (secondary N) is 1. The summed E-state index contributed by atoms with van der Waals surface area (Å²) in [6.45, 7) is 1.46. The predicted octanol–water partition coefficient (Wildman–Crippen LogP) is 2.83. The molecule has 3 nitrogen and oxygen atoms in total. The first kappa shape index (κ1) is 13.6. The summed E-state index contributed by atoms with van der Waals surface area (Å²) >= 11 is 5.24. The molecule has 1 fully saturated rings. The molecule has 0 saturated carbocycles. The first-order valence-electron chi connectivity index (χ1n) is 6.23. The number of rotatable bonds is 5. The molecule has 2 aromatic heterocycles. The molecular weight excluding hydrogens is 296 g/mol. The molecule has 102 valence electrons. The summed E-state index contributed by atoms with van der Waals surface area (Å²) in [5, 5.41) is 18.9. The van der Waals surface area contributed by atoms with Crippen LogP contribution in [0.3, 0.4) is 0 Å². The third kappa shape index (κ3) is 3.38. The summed E-state index contributed by atoms with van der Waals surface area (Å²) in [6.07, 6.45) is 2.83. The van der Waals surface area contributed by atoms with E-state index >= 15 is 0 Å². The molecule has 0 aliphatic carbocycles. The Morgan fingerprint density at radius 2 is 2.42 bits per heavy atom. The van der Waals surface area contributed by atoms with Gasteiger partial charge in [-0.2, -0.15) is 23.1 Å². The molecule has 2 aromatic rings. The van der Waals surface area contributed by atoms with Crippen molar-refractivity contribution in [2.24, 2.45) is 0 Å². The smallest absolute Gasteiger partial charge is 0.124 e. The van der Waals surface area contributed by atoms with Crippen LogP contribution in [-0.4, -0.2) is 33.7 Å². The van der Waals surface area contributed by atoms with Crippen molar-refractivity contribution in [1.82, 2.24) is 10.3 Å². The molecule has 0 radical (unpaired) electrons. The van der Waals surface area contributed by atoms with Gasteiger partial charge in [0.25, 0.3) is 0 Å². The predicted molar refractivity (Wildman–Crippen MR) is 84.0 cm³/mol. The molecule has 1 aliphatic heterocycles. The topological polar surface area (TPSA) is 45.1 Å². The molecule has 0 bridgehead atoms. The normalized spacial score (nSPS) is 23.0. The summed E-state index contributed by atoms with van der Waals surface area (Å²) in [4.78, 5) is 5.66. The van der Waals surface area contributed by atoms with E-state index in [1.165, 1.54) is 10.4 Å². The zero-order chi connectivity index (χ0) is 13.1. The Morgan fingerprint density at radius 1 is 1.47 bits per heavy atom. The second-order valence-electron chi connectivity index (χ2n) is 4.77. The Bertz CT molecular complexity index is 518. The standard InChI is InChI=1S/C13H16N2OS3/c16-13(2-4-18-9-13)8-14-5-11-6-15-12(19-11)10-1-3-17-7-10/h1,3,6-7,14,16H,2,4-5,8-9H2. The fourth-order valence-electron chi connectivity index (χ4n) is 2.06. The van der Waals surface area contributed by atoms with Gasteiger partial charge < -0.3 is 10.4 Å². The Kier molecular flexibility index (Phi) is 4.24. The van der Waals surface area contributed by atoms with Crippen LogP contribution in [0.1, 0.15) is 11.3 Å². The van der Waals surface area contributed by atoms with E-state index in [4.69, 9.17) is 0 Å². The van der Waals surface area contributed by atoms with Crippen molar-refractivity contribution in [2.75, 3.05) is 18.1 Å². The maximum atomic E-state index is 10.2. The molecule has 2 N–H and O–H groups in total. The number of aliphatic hydroxyl groups is 1. The van der Waals surface area contributed by atoms with Crippen molar-refractivity contribution in [2.45, 2.75) is 18.6 Å². The fourth-order valence-corrected chi connectivity index (χ4v) is 4.95. The van der Waals surface area contributed by atoms with Gasteiger partial charge in [0.1, 0.15) is 5.01 Å². The first-order valence-corrected chi connectivity index (χ1v) is 9.15. The second kappa shape index (κ2) is 5.93. The molecule has 0 spiro atoms. The number of thioether (sulfide) groups is 1. The lowest BCUT2D eigenvalue weighted by molar-refractivity contribution is 0.0675.